The van der Waals surface area contributed by atoms with Crippen LogP contribution in [0.3, 0.4) is 0 Å². The van der Waals surface area contributed by atoms with Gasteiger partial charge in [0.25, 0.3) is 5.91 Å². The highest BCUT2D eigenvalue weighted by atomic mass is 16.5. The molecule has 0 aromatic heterocycles. The van der Waals surface area contributed by atoms with Gasteiger partial charge in [0.1, 0.15) is 5.75 Å². The van der Waals surface area contributed by atoms with Crippen molar-refractivity contribution >= 4 is 11.6 Å². The minimum atomic E-state index is -0.544. The highest BCUT2D eigenvalue weighted by Crippen LogP contribution is 2.21. The number of amides is 1. The van der Waals surface area contributed by atoms with Crippen molar-refractivity contribution in [2.45, 2.75) is 20.0 Å². The molecule has 1 aromatic carbocycles. The second-order valence-corrected chi connectivity index (χ2v) is 3.82. The van der Waals surface area contributed by atoms with Gasteiger partial charge < -0.3 is 15.8 Å². The Bertz CT molecular complexity index is 416. The van der Waals surface area contributed by atoms with Crippen LogP contribution in [0.5, 0.6) is 5.75 Å². The number of rotatable bonds is 5. The van der Waals surface area contributed by atoms with Gasteiger partial charge >= 0.3 is 0 Å². The lowest BCUT2D eigenvalue weighted by atomic mass is 10.2. The van der Waals surface area contributed by atoms with Crippen molar-refractivity contribution in [1.29, 1.82) is 0 Å². The van der Waals surface area contributed by atoms with Crippen LogP contribution in [-0.4, -0.2) is 18.6 Å². The van der Waals surface area contributed by atoms with E-state index in [1.54, 1.807) is 25.1 Å². The second-order valence-electron chi connectivity index (χ2n) is 3.82. The first-order valence-electron chi connectivity index (χ1n) is 5.46. The summed E-state index contributed by atoms with van der Waals surface area (Å²) in [6, 6.07) is 5.32. The van der Waals surface area contributed by atoms with Gasteiger partial charge in [-0.05, 0) is 37.6 Å². The van der Waals surface area contributed by atoms with Gasteiger partial charge in [-0.2, -0.15) is 0 Å². The van der Waals surface area contributed by atoms with Crippen LogP contribution in [0.1, 0.15) is 12.5 Å². The number of nitrogen functional groups attached to an aromatic ring is 1. The molecule has 1 rings (SSSR count). The number of ether oxygens (including phenoxy) is 1. The van der Waals surface area contributed by atoms with Crippen molar-refractivity contribution in [3.63, 3.8) is 0 Å². The maximum atomic E-state index is 11.6. The fourth-order valence-corrected chi connectivity index (χ4v) is 1.37. The van der Waals surface area contributed by atoms with Crippen LogP contribution in [0.15, 0.2) is 30.9 Å². The largest absolute Gasteiger partial charge is 0.481 e. The number of benzene rings is 1. The lowest BCUT2D eigenvalue weighted by molar-refractivity contribution is -0.127. The Balaban J connectivity index is 2.64. The summed E-state index contributed by atoms with van der Waals surface area (Å²) in [5.74, 6) is 0.501. The van der Waals surface area contributed by atoms with Crippen molar-refractivity contribution in [2.75, 3.05) is 12.3 Å². The van der Waals surface area contributed by atoms with E-state index in [0.717, 1.165) is 5.56 Å². The standard InChI is InChI=1S/C13H18N2O2/c1-4-7-15-13(16)10(3)17-12-6-5-11(14)8-9(12)2/h4-6,8,10H,1,7,14H2,2-3H3,(H,15,16). The first-order valence-corrected chi connectivity index (χ1v) is 5.46. The van der Waals surface area contributed by atoms with E-state index in [4.69, 9.17) is 10.5 Å². The summed E-state index contributed by atoms with van der Waals surface area (Å²) in [7, 11) is 0. The van der Waals surface area contributed by atoms with Crippen LogP contribution in [0.4, 0.5) is 5.69 Å². The zero-order valence-corrected chi connectivity index (χ0v) is 10.2. The summed E-state index contributed by atoms with van der Waals surface area (Å²) in [5.41, 5.74) is 7.23. The average Bonchev–Trinajstić information content (AvgIpc) is 2.29. The van der Waals surface area contributed by atoms with Crippen molar-refractivity contribution in [1.82, 2.24) is 5.32 Å². The average molecular weight is 234 g/mol. The summed E-state index contributed by atoms with van der Waals surface area (Å²) >= 11 is 0. The molecule has 0 radical (unpaired) electrons. The van der Waals surface area contributed by atoms with Gasteiger partial charge in [0.15, 0.2) is 6.10 Å². The molecule has 0 spiro atoms. The number of hydrogen-bond donors (Lipinski definition) is 2. The number of aryl methyl sites for hydroxylation is 1. The van der Waals surface area contributed by atoms with E-state index >= 15 is 0 Å². The third kappa shape index (κ3) is 3.83. The lowest BCUT2D eigenvalue weighted by Gasteiger charge is -2.15. The Morgan fingerprint density at radius 1 is 1.65 bits per heavy atom. The van der Waals surface area contributed by atoms with E-state index in [2.05, 4.69) is 11.9 Å². The minimum Gasteiger partial charge on any atom is -0.481 e. The topological polar surface area (TPSA) is 64.3 Å². The molecule has 0 aliphatic heterocycles. The van der Waals surface area contributed by atoms with Crippen LogP contribution >= 0.6 is 0 Å². The molecule has 1 aromatic rings. The van der Waals surface area contributed by atoms with E-state index < -0.39 is 6.10 Å². The quantitative estimate of drug-likeness (QED) is 0.601. The first kappa shape index (κ1) is 13.1. The highest BCUT2D eigenvalue weighted by Gasteiger charge is 2.14. The van der Waals surface area contributed by atoms with Gasteiger partial charge in [0.05, 0.1) is 0 Å². The molecule has 0 aliphatic carbocycles. The van der Waals surface area contributed by atoms with Gasteiger partial charge in [0, 0.05) is 12.2 Å². The summed E-state index contributed by atoms with van der Waals surface area (Å²) in [5, 5.41) is 2.68. The molecule has 17 heavy (non-hydrogen) atoms. The molecule has 0 heterocycles. The SMILES string of the molecule is C=CCNC(=O)C(C)Oc1ccc(N)cc1C. The molecule has 1 amide bonds. The Morgan fingerprint density at radius 3 is 2.94 bits per heavy atom. The molecular formula is C13H18N2O2. The van der Waals surface area contributed by atoms with Crippen molar-refractivity contribution in [3.8, 4) is 5.75 Å². The number of nitrogens with two attached hydrogens (primary N) is 1. The predicted molar refractivity (Wildman–Crippen MR) is 68.9 cm³/mol. The lowest BCUT2D eigenvalue weighted by Crippen LogP contribution is -2.36. The molecule has 0 aliphatic rings. The third-order valence-corrected chi connectivity index (χ3v) is 2.29. The van der Waals surface area contributed by atoms with E-state index in [1.807, 2.05) is 13.0 Å². The van der Waals surface area contributed by atoms with Crippen LogP contribution in [0, 0.1) is 6.92 Å². The molecule has 4 nitrogen and oxygen atoms in total. The first-order chi connectivity index (χ1) is 8.04. The Hall–Kier alpha value is -1.97. The minimum absolute atomic E-state index is 0.166. The predicted octanol–water partition coefficient (Wildman–Crippen LogP) is 1.65. The van der Waals surface area contributed by atoms with E-state index in [1.165, 1.54) is 0 Å². The molecule has 0 fully saturated rings. The van der Waals surface area contributed by atoms with E-state index in [-0.39, 0.29) is 5.91 Å². The second kappa shape index (κ2) is 5.94. The summed E-state index contributed by atoms with van der Waals surface area (Å²) in [4.78, 5) is 11.6. The van der Waals surface area contributed by atoms with Crippen molar-refractivity contribution in [3.05, 3.63) is 36.4 Å². The third-order valence-electron chi connectivity index (χ3n) is 2.29. The summed E-state index contributed by atoms with van der Waals surface area (Å²) in [6.45, 7) is 7.56. The Labute approximate surface area is 101 Å². The fraction of sp³-hybridized carbons (Fsp3) is 0.308. The zero-order valence-electron chi connectivity index (χ0n) is 10.2. The molecule has 1 unspecified atom stereocenters. The molecule has 3 N–H and O–H groups in total. The van der Waals surface area contributed by atoms with E-state index in [0.29, 0.717) is 18.0 Å². The van der Waals surface area contributed by atoms with Gasteiger partial charge in [-0.15, -0.1) is 6.58 Å². The molecule has 0 saturated heterocycles. The molecule has 92 valence electrons. The normalized spacial score (nSPS) is 11.6. The van der Waals surface area contributed by atoms with Crippen LogP contribution in [0.2, 0.25) is 0 Å². The van der Waals surface area contributed by atoms with Crippen LogP contribution in [0.25, 0.3) is 0 Å². The van der Waals surface area contributed by atoms with Gasteiger partial charge in [-0.3, -0.25) is 4.79 Å². The summed E-state index contributed by atoms with van der Waals surface area (Å²) < 4.78 is 5.56. The van der Waals surface area contributed by atoms with Crippen molar-refractivity contribution in [2.24, 2.45) is 0 Å². The fourth-order valence-electron chi connectivity index (χ4n) is 1.37. The number of carbonyl (C=O) groups excluding carboxylic acids is 1. The van der Waals surface area contributed by atoms with Crippen molar-refractivity contribution < 1.29 is 9.53 Å². The van der Waals surface area contributed by atoms with Gasteiger partial charge in [0.2, 0.25) is 0 Å². The Morgan fingerprint density at radius 2 is 2.35 bits per heavy atom. The van der Waals surface area contributed by atoms with Crippen LogP contribution < -0.4 is 15.8 Å². The molecule has 4 heteroatoms. The smallest absolute Gasteiger partial charge is 0.261 e. The highest BCUT2D eigenvalue weighted by molar-refractivity contribution is 5.80. The Kier molecular flexibility index (Phi) is 4.57. The molecule has 0 bridgehead atoms. The number of anilines is 1. The molecule has 1 atom stereocenters. The monoisotopic (exact) mass is 234 g/mol. The maximum absolute atomic E-state index is 11.6. The van der Waals surface area contributed by atoms with E-state index in [9.17, 15) is 4.79 Å². The number of carbonyl (C=O) groups is 1. The van der Waals surface area contributed by atoms with Gasteiger partial charge in [-0.25, -0.2) is 0 Å². The summed E-state index contributed by atoms with van der Waals surface area (Å²) in [6.07, 6.45) is 1.08. The number of hydrogen-bond acceptors (Lipinski definition) is 3. The maximum Gasteiger partial charge on any atom is 0.261 e. The number of nitrogens with one attached hydrogen (secondary N) is 1. The van der Waals surface area contributed by atoms with Crippen LogP contribution in [-0.2, 0) is 4.79 Å². The molecule has 0 saturated carbocycles. The van der Waals surface area contributed by atoms with Gasteiger partial charge in [-0.1, -0.05) is 6.08 Å². The molecular weight excluding hydrogens is 216 g/mol. The zero-order chi connectivity index (χ0) is 12.8.